The van der Waals surface area contributed by atoms with E-state index >= 15 is 0 Å². The number of oxime groups is 1. The van der Waals surface area contributed by atoms with Crippen molar-refractivity contribution in [3.63, 3.8) is 0 Å². The number of pyridine rings is 1. The molecule has 6 heteroatoms. The lowest BCUT2D eigenvalue weighted by Gasteiger charge is -2.25. The Morgan fingerprint density at radius 1 is 1.67 bits per heavy atom. The third-order valence-electron chi connectivity index (χ3n) is 3.17. The lowest BCUT2D eigenvalue weighted by atomic mass is 9.85. The molecule has 18 heavy (non-hydrogen) atoms. The second kappa shape index (κ2) is 5.48. The minimum absolute atomic E-state index is 0.107. The van der Waals surface area contributed by atoms with Crippen molar-refractivity contribution in [2.45, 2.75) is 27.2 Å². The molecule has 0 aromatic carbocycles. The highest BCUT2D eigenvalue weighted by Gasteiger charge is 2.36. The Kier molecular flexibility index (Phi) is 4.25. The monoisotopic (exact) mass is 250 g/mol. The van der Waals surface area contributed by atoms with Crippen molar-refractivity contribution in [1.82, 2.24) is 4.98 Å². The lowest BCUT2D eigenvalue weighted by Crippen LogP contribution is -2.44. The number of carbonyl (C=O) groups excluding carboxylic acids is 1. The molecule has 0 fully saturated rings. The van der Waals surface area contributed by atoms with Gasteiger partial charge in [-0.1, -0.05) is 12.1 Å². The van der Waals surface area contributed by atoms with Crippen molar-refractivity contribution >= 4 is 17.4 Å². The fraction of sp³-hybridized carbons (Fsp3) is 0.417. The summed E-state index contributed by atoms with van der Waals surface area (Å²) in [4.78, 5) is 16.2. The predicted molar refractivity (Wildman–Crippen MR) is 69.4 cm³/mol. The zero-order valence-corrected chi connectivity index (χ0v) is 10.8. The zero-order valence-electron chi connectivity index (χ0n) is 10.8. The Hall–Kier alpha value is -2.11. The number of nitrogens with one attached hydrogen (secondary N) is 1. The van der Waals surface area contributed by atoms with Gasteiger partial charge in [-0.05, 0) is 31.9 Å². The summed E-state index contributed by atoms with van der Waals surface area (Å²) in [5.41, 5.74) is 6.05. The molecule has 0 aliphatic heterocycles. The van der Waals surface area contributed by atoms with E-state index in [0.717, 1.165) is 5.56 Å². The molecule has 0 saturated heterocycles. The summed E-state index contributed by atoms with van der Waals surface area (Å²) in [7, 11) is 0. The molecular weight excluding hydrogens is 232 g/mol. The van der Waals surface area contributed by atoms with Crippen LogP contribution in [0.3, 0.4) is 0 Å². The summed E-state index contributed by atoms with van der Waals surface area (Å²) in [6.45, 7) is 5.29. The fourth-order valence-electron chi connectivity index (χ4n) is 1.42. The lowest BCUT2D eigenvalue weighted by molar-refractivity contribution is -0.121. The number of hydrogen-bond acceptors (Lipinski definition) is 4. The topological polar surface area (TPSA) is 101 Å². The fourth-order valence-corrected chi connectivity index (χ4v) is 1.42. The summed E-state index contributed by atoms with van der Waals surface area (Å²) < 4.78 is 0. The average Bonchev–Trinajstić information content (AvgIpc) is 2.39. The maximum absolute atomic E-state index is 12.2. The Morgan fingerprint density at radius 3 is 2.83 bits per heavy atom. The Bertz CT molecular complexity index is 473. The van der Waals surface area contributed by atoms with Crippen molar-refractivity contribution < 1.29 is 10.0 Å². The number of nitrogens with two attached hydrogens (primary N) is 1. The van der Waals surface area contributed by atoms with Crippen molar-refractivity contribution in [3.05, 3.63) is 24.0 Å². The highest BCUT2D eigenvalue weighted by molar-refractivity contribution is 6.11. The van der Waals surface area contributed by atoms with E-state index in [2.05, 4.69) is 15.5 Å². The standard InChI is InChI=1S/C12H18N4O2/c1-4-12(3,10(13)16-18)11(17)15-9-7-14-6-5-8(9)2/h5-7,18H,4H2,1-3H3,(H2,13,16)(H,15,17). The van der Waals surface area contributed by atoms with Crippen LogP contribution in [0.2, 0.25) is 0 Å². The first-order valence-corrected chi connectivity index (χ1v) is 5.65. The molecule has 6 nitrogen and oxygen atoms in total. The third-order valence-corrected chi connectivity index (χ3v) is 3.17. The number of hydrogen-bond donors (Lipinski definition) is 3. The minimum atomic E-state index is -1.04. The highest BCUT2D eigenvalue weighted by Crippen LogP contribution is 2.24. The summed E-state index contributed by atoms with van der Waals surface area (Å²) in [5, 5.41) is 14.4. The van der Waals surface area contributed by atoms with Gasteiger partial charge in [0.25, 0.3) is 0 Å². The summed E-state index contributed by atoms with van der Waals surface area (Å²) in [6, 6.07) is 1.79. The molecule has 0 bridgehead atoms. The van der Waals surface area contributed by atoms with Crippen molar-refractivity contribution in [2.75, 3.05) is 5.32 Å². The molecule has 4 N–H and O–H groups in total. The molecule has 1 unspecified atom stereocenters. The summed E-state index contributed by atoms with van der Waals surface area (Å²) >= 11 is 0. The second-order valence-corrected chi connectivity index (χ2v) is 4.32. The van der Waals surface area contributed by atoms with Gasteiger partial charge in [-0.25, -0.2) is 0 Å². The largest absolute Gasteiger partial charge is 0.409 e. The van der Waals surface area contributed by atoms with Crippen LogP contribution in [0.15, 0.2) is 23.6 Å². The number of anilines is 1. The Morgan fingerprint density at radius 2 is 2.33 bits per heavy atom. The van der Waals surface area contributed by atoms with Crippen molar-refractivity contribution in [2.24, 2.45) is 16.3 Å². The van der Waals surface area contributed by atoms with Crippen LogP contribution in [0.4, 0.5) is 5.69 Å². The first-order chi connectivity index (χ1) is 8.45. The molecule has 1 atom stereocenters. The van der Waals surface area contributed by atoms with Crippen molar-refractivity contribution in [3.8, 4) is 0 Å². The number of nitrogens with zero attached hydrogens (tertiary/aromatic N) is 2. The van der Waals surface area contributed by atoms with Gasteiger partial charge >= 0.3 is 0 Å². The molecule has 0 spiro atoms. The first-order valence-electron chi connectivity index (χ1n) is 5.65. The molecular formula is C12H18N4O2. The van der Waals surface area contributed by atoms with Crippen LogP contribution in [0.5, 0.6) is 0 Å². The molecule has 0 radical (unpaired) electrons. The molecule has 98 valence electrons. The van der Waals surface area contributed by atoms with Crippen molar-refractivity contribution in [1.29, 1.82) is 0 Å². The highest BCUT2D eigenvalue weighted by atomic mass is 16.4. The average molecular weight is 250 g/mol. The number of amidine groups is 1. The van der Waals surface area contributed by atoms with E-state index in [0.29, 0.717) is 12.1 Å². The van der Waals surface area contributed by atoms with Gasteiger partial charge in [0.2, 0.25) is 5.91 Å². The van der Waals surface area contributed by atoms with Crippen LogP contribution < -0.4 is 11.1 Å². The molecule has 0 saturated carbocycles. The van der Waals surface area contributed by atoms with E-state index < -0.39 is 5.41 Å². The van der Waals surface area contributed by atoms with Gasteiger partial charge < -0.3 is 16.3 Å². The van der Waals surface area contributed by atoms with Gasteiger partial charge in [-0.2, -0.15) is 0 Å². The van der Waals surface area contributed by atoms with Gasteiger partial charge in [0, 0.05) is 6.20 Å². The molecule has 1 heterocycles. The molecule has 1 aromatic heterocycles. The van der Waals surface area contributed by atoms with Crippen LogP contribution >= 0.6 is 0 Å². The predicted octanol–water partition coefficient (Wildman–Crippen LogP) is 1.49. The smallest absolute Gasteiger partial charge is 0.238 e. The quantitative estimate of drug-likeness (QED) is 0.326. The molecule has 1 amide bonds. The normalized spacial score (nSPS) is 14.9. The van der Waals surface area contributed by atoms with E-state index in [4.69, 9.17) is 10.9 Å². The third kappa shape index (κ3) is 2.58. The minimum Gasteiger partial charge on any atom is -0.409 e. The molecule has 1 rings (SSSR count). The van der Waals surface area contributed by atoms with E-state index in [9.17, 15) is 4.79 Å². The maximum Gasteiger partial charge on any atom is 0.238 e. The van der Waals surface area contributed by atoms with E-state index in [1.165, 1.54) is 0 Å². The number of aryl methyl sites for hydroxylation is 1. The molecule has 0 aliphatic rings. The maximum atomic E-state index is 12.2. The molecule has 1 aromatic rings. The Balaban J connectivity index is 2.98. The summed E-state index contributed by atoms with van der Waals surface area (Å²) in [5.74, 6) is -0.430. The zero-order chi connectivity index (χ0) is 13.8. The number of aromatic nitrogens is 1. The SMILES string of the molecule is CCC(C)(C(=O)Nc1cnccc1C)/C(N)=N/O. The molecule has 0 aliphatic carbocycles. The van der Waals surface area contributed by atoms with E-state index in [1.54, 1.807) is 32.3 Å². The van der Waals surface area contributed by atoms with Crippen LogP contribution in [0, 0.1) is 12.3 Å². The van der Waals surface area contributed by atoms with Gasteiger partial charge in [0.05, 0.1) is 11.9 Å². The van der Waals surface area contributed by atoms with E-state index in [1.807, 2.05) is 6.92 Å². The van der Waals surface area contributed by atoms with Crippen LogP contribution in [0.25, 0.3) is 0 Å². The number of carbonyl (C=O) groups is 1. The van der Waals surface area contributed by atoms with Gasteiger partial charge in [0.1, 0.15) is 5.41 Å². The van der Waals surface area contributed by atoms with Gasteiger partial charge in [-0.15, -0.1) is 0 Å². The second-order valence-electron chi connectivity index (χ2n) is 4.32. The van der Waals surface area contributed by atoms with Crippen LogP contribution in [-0.4, -0.2) is 21.9 Å². The Labute approximate surface area is 106 Å². The first kappa shape index (κ1) is 14.0. The van der Waals surface area contributed by atoms with Crippen LogP contribution in [-0.2, 0) is 4.79 Å². The van der Waals surface area contributed by atoms with Gasteiger partial charge in [-0.3, -0.25) is 9.78 Å². The summed E-state index contributed by atoms with van der Waals surface area (Å²) in [6.07, 6.45) is 3.64. The van der Waals surface area contributed by atoms with Crippen LogP contribution in [0.1, 0.15) is 25.8 Å². The number of amides is 1. The van der Waals surface area contributed by atoms with Gasteiger partial charge in [0.15, 0.2) is 5.84 Å². The van der Waals surface area contributed by atoms with E-state index in [-0.39, 0.29) is 11.7 Å². The number of rotatable bonds is 4.